The van der Waals surface area contributed by atoms with Crippen LogP contribution in [-0.2, 0) is 9.59 Å². The van der Waals surface area contributed by atoms with E-state index >= 15 is 0 Å². The number of nitrogens with one attached hydrogen (secondary N) is 2. The standard InChI is InChI=1S/C16H22FN3O2/c1-11(2)20(16(22)12-7-8-18-9-12)10-15(21)19-14-5-3-13(17)4-6-14/h3-6,11-12,18H,7-10H2,1-2H3,(H,19,21). The Labute approximate surface area is 129 Å². The zero-order valence-electron chi connectivity index (χ0n) is 12.9. The van der Waals surface area contributed by atoms with Crippen molar-refractivity contribution < 1.29 is 14.0 Å². The van der Waals surface area contributed by atoms with Crippen molar-refractivity contribution in [2.45, 2.75) is 26.3 Å². The number of anilines is 1. The van der Waals surface area contributed by atoms with Crippen LogP contribution in [0.25, 0.3) is 0 Å². The summed E-state index contributed by atoms with van der Waals surface area (Å²) in [4.78, 5) is 26.2. The van der Waals surface area contributed by atoms with Gasteiger partial charge in [0.25, 0.3) is 0 Å². The van der Waals surface area contributed by atoms with Crippen LogP contribution >= 0.6 is 0 Å². The van der Waals surface area contributed by atoms with E-state index in [1.165, 1.54) is 24.3 Å². The van der Waals surface area contributed by atoms with Crippen LogP contribution in [0.15, 0.2) is 24.3 Å². The van der Waals surface area contributed by atoms with Gasteiger partial charge in [0, 0.05) is 18.3 Å². The van der Waals surface area contributed by atoms with Gasteiger partial charge in [-0.05, 0) is 51.1 Å². The van der Waals surface area contributed by atoms with Gasteiger partial charge in [0.1, 0.15) is 12.4 Å². The molecule has 0 bridgehead atoms. The van der Waals surface area contributed by atoms with Crippen LogP contribution in [0, 0.1) is 11.7 Å². The average Bonchev–Trinajstić information content (AvgIpc) is 3.00. The van der Waals surface area contributed by atoms with Crippen LogP contribution in [0.5, 0.6) is 0 Å². The van der Waals surface area contributed by atoms with Gasteiger partial charge >= 0.3 is 0 Å². The second kappa shape index (κ2) is 7.35. The highest BCUT2D eigenvalue weighted by atomic mass is 19.1. The molecule has 1 aromatic carbocycles. The Morgan fingerprint density at radius 3 is 2.59 bits per heavy atom. The minimum Gasteiger partial charge on any atom is -0.331 e. The van der Waals surface area contributed by atoms with Crippen LogP contribution < -0.4 is 10.6 Å². The molecule has 1 aliphatic rings. The van der Waals surface area contributed by atoms with E-state index in [4.69, 9.17) is 0 Å². The molecule has 120 valence electrons. The fourth-order valence-corrected chi connectivity index (χ4v) is 2.50. The number of amides is 2. The first-order valence-corrected chi connectivity index (χ1v) is 7.54. The van der Waals surface area contributed by atoms with Crippen LogP contribution in [-0.4, -0.2) is 42.4 Å². The van der Waals surface area contributed by atoms with Crippen molar-refractivity contribution in [3.05, 3.63) is 30.1 Å². The summed E-state index contributed by atoms with van der Waals surface area (Å²) in [5.74, 6) is -0.680. The first-order chi connectivity index (χ1) is 10.5. The van der Waals surface area contributed by atoms with Crippen LogP contribution in [0.4, 0.5) is 10.1 Å². The highest BCUT2D eigenvalue weighted by molar-refractivity contribution is 5.95. The minimum atomic E-state index is -0.356. The zero-order valence-corrected chi connectivity index (χ0v) is 12.9. The number of hydrogen-bond donors (Lipinski definition) is 2. The second-order valence-electron chi connectivity index (χ2n) is 5.80. The summed E-state index contributed by atoms with van der Waals surface area (Å²) >= 11 is 0. The molecule has 6 heteroatoms. The number of rotatable bonds is 5. The maximum Gasteiger partial charge on any atom is 0.244 e. The number of nitrogens with zero attached hydrogens (tertiary/aromatic N) is 1. The predicted octanol–water partition coefficient (Wildman–Crippen LogP) is 1.61. The Hall–Kier alpha value is -1.95. The molecule has 0 aromatic heterocycles. The molecule has 0 spiro atoms. The summed E-state index contributed by atoms with van der Waals surface area (Å²) in [7, 11) is 0. The number of benzene rings is 1. The van der Waals surface area contributed by atoms with Gasteiger partial charge < -0.3 is 15.5 Å². The molecule has 1 fully saturated rings. The van der Waals surface area contributed by atoms with Gasteiger partial charge in [-0.3, -0.25) is 9.59 Å². The van der Waals surface area contributed by atoms with Crippen molar-refractivity contribution >= 4 is 17.5 Å². The van der Waals surface area contributed by atoms with Gasteiger partial charge in [-0.25, -0.2) is 4.39 Å². The van der Waals surface area contributed by atoms with Crippen molar-refractivity contribution in [2.24, 2.45) is 5.92 Å². The summed E-state index contributed by atoms with van der Waals surface area (Å²) in [6, 6.07) is 5.51. The normalized spacial score (nSPS) is 17.5. The summed E-state index contributed by atoms with van der Waals surface area (Å²) < 4.78 is 12.8. The zero-order chi connectivity index (χ0) is 16.1. The first-order valence-electron chi connectivity index (χ1n) is 7.54. The molecule has 0 radical (unpaired) electrons. The van der Waals surface area contributed by atoms with E-state index in [9.17, 15) is 14.0 Å². The van der Waals surface area contributed by atoms with Gasteiger partial charge in [0.05, 0.1) is 5.92 Å². The Morgan fingerprint density at radius 1 is 1.36 bits per heavy atom. The van der Waals surface area contributed by atoms with E-state index in [0.29, 0.717) is 12.2 Å². The van der Waals surface area contributed by atoms with Crippen LogP contribution in [0.3, 0.4) is 0 Å². The predicted molar refractivity (Wildman–Crippen MR) is 82.9 cm³/mol. The fraction of sp³-hybridized carbons (Fsp3) is 0.500. The smallest absolute Gasteiger partial charge is 0.244 e. The fourth-order valence-electron chi connectivity index (χ4n) is 2.50. The molecule has 1 aliphatic heterocycles. The monoisotopic (exact) mass is 307 g/mol. The Bertz CT molecular complexity index is 525. The van der Waals surface area contributed by atoms with Crippen molar-refractivity contribution in [3.63, 3.8) is 0 Å². The maximum atomic E-state index is 12.8. The van der Waals surface area contributed by atoms with E-state index in [1.54, 1.807) is 4.90 Å². The van der Waals surface area contributed by atoms with Gasteiger partial charge in [-0.2, -0.15) is 0 Å². The van der Waals surface area contributed by atoms with Gasteiger partial charge in [-0.1, -0.05) is 0 Å². The number of carbonyl (C=O) groups is 2. The molecule has 2 N–H and O–H groups in total. The van der Waals surface area contributed by atoms with Crippen molar-refractivity contribution in [1.29, 1.82) is 0 Å². The second-order valence-corrected chi connectivity index (χ2v) is 5.80. The highest BCUT2D eigenvalue weighted by Crippen LogP contribution is 2.14. The maximum absolute atomic E-state index is 12.8. The van der Waals surface area contributed by atoms with E-state index in [1.807, 2.05) is 13.8 Å². The van der Waals surface area contributed by atoms with E-state index in [2.05, 4.69) is 10.6 Å². The van der Waals surface area contributed by atoms with Crippen molar-refractivity contribution in [3.8, 4) is 0 Å². The molecule has 1 saturated heterocycles. The molecule has 22 heavy (non-hydrogen) atoms. The molecule has 0 aliphatic carbocycles. The Balaban J connectivity index is 1.96. The van der Waals surface area contributed by atoms with Gasteiger partial charge in [-0.15, -0.1) is 0 Å². The number of carbonyl (C=O) groups excluding carboxylic acids is 2. The lowest BCUT2D eigenvalue weighted by Crippen LogP contribution is -2.45. The summed E-state index contributed by atoms with van der Waals surface area (Å²) in [6.07, 6.45) is 0.807. The molecule has 2 rings (SSSR count). The molecular weight excluding hydrogens is 285 g/mol. The lowest BCUT2D eigenvalue weighted by atomic mass is 10.1. The SMILES string of the molecule is CC(C)N(CC(=O)Nc1ccc(F)cc1)C(=O)C1CCNC1. The van der Waals surface area contributed by atoms with Crippen molar-refractivity contribution in [2.75, 3.05) is 25.0 Å². The number of halogens is 1. The quantitative estimate of drug-likeness (QED) is 0.869. The lowest BCUT2D eigenvalue weighted by molar-refractivity contribution is -0.139. The molecule has 2 amide bonds. The minimum absolute atomic E-state index is 0.00434. The van der Waals surface area contributed by atoms with Crippen molar-refractivity contribution in [1.82, 2.24) is 10.2 Å². The summed E-state index contributed by atoms with van der Waals surface area (Å²) in [5.41, 5.74) is 0.519. The third-order valence-corrected chi connectivity index (χ3v) is 3.76. The van der Waals surface area contributed by atoms with Crippen LogP contribution in [0.1, 0.15) is 20.3 Å². The molecule has 1 atom stereocenters. The Kier molecular flexibility index (Phi) is 5.49. The van der Waals surface area contributed by atoms with Gasteiger partial charge in [0.2, 0.25) is 11.8 Å². The lowest BCUT2D eigenvalue weighted by Gasteiger charge is -2.28. The first kappa shape index (κ1) is 16.4. The van der Waals surface area contributed by atoms with E-state index in [-0.39, 0.29) is 36.1 Å². The highest BCUT2D eigenvalue weighted by Gasteiger charge is 2.29. The molecule has 0 saturated carbocycles. The third-order valence-electron chi connectivity index (χ3n) is 3.76. The Morgan fingerprint density at radius 2 is 2.05 bits per heavy atom. The molecule has 5 nitrogen and oxygen atoms in total. The van der Waals surface area contributed by atoms with E-state index in [0.717, 1.165) is 13.0 Å². The number of hydrogen-bond acceptors (Lipinski definition) is 3. The molecule has 1 heterocycles. The summed E-state index contributed by atoms with van der Waals surface area (Å²) in [6.45, 7) is 5.30. The van der Waals surface area contributed by atoms with E-state index < -0.39 is 0 Å². The van der Waals surface area contributed by atoms with Crippen LogP contribution in [0.2, 0.25) is 0 Å². The topological polar surface area (TPSA) is 61.4 Å². The van der Waals surface area contributed by atoms with Gasteiger partial charge in [0.15, 0.2) is 0 Å². The molecule has 1 unspecified atom stereocenters. The largest absolute Gasteiger partial charge is 0.331 e. The average molecular weight is 307 g/mol. The third kappa shape index (κ3) is 4.27. The molecular formula is C16H22FN3O2. The molecule has 1 aromatic rings. The summed E-state index contributed by atoms with van der Waals surface area (Å²) in [5, 5.41) is 5.85.